The molecule has 1 N–H and O–H groups in total. The third-order valence-corrected chi connectivity index (χ3v) is 9.04. The number of esters is 1. The van der Waals surface area contributed by atoms with Gasteiger partial charge in [0.15, 0.2) is 12.2 Å². The highest BCUT2D eigenvalue weighted by Crippen LogP contribution is 2.19. The third kappa shape index (κ3) is 13.2. The van der Waals surface area contributed by atoms with Gasteiger partial charge in [0.25, 0.3) is 5.91 Å². The minimum Gasteiger partial charge on any atom is -0.479 e. The van der Waals surface area contributed by atoms with E-state index in [1.54, 1.807) is 6.92 Å². The first-order valence-corrected chi connectivity index (χ1v) is 18.4. The lowest BCUT2D eigenvalue weighted by Crippen LogP contribution is -2.51. The van der Waals surface area contributed by atoms with Gasteiger partial charge in [0.1, 0.15) is 13.2 Å². The van der Waals surface area contributed by atoms with Gasteiger partial charge in [0.05, 0.1) is 6.61 Å². The van der Waals surface area contributed by atoms with Crippen LogP contribution < -0.4 is 0 Å². The summed E-state index contributed by atoms with van der Waals surface area (Å²) >= 11 is 0. The van der Waals surface area contributed by atoms with Crippen LogP contribution in [-0.2, 0) is 52.9 Å². The van der Waals surface area contributed by atoms with Gasteiger partial charge in [-0.1, -0.05) is 104 Å². The molecule has 0 saturated heterocycles. The van der Waals surface area contributed by atoms with Crippen molar-refractivity contribution < 1.29 is 38.5 Å². The molecule has 9 nitrogen and oxygen atoms in total. The Bertz CT molecular complexity index is 1710. The summed E-state index contributed by atoms with van der Waals surface area (Å²) in [4.78, 5) is 44.8. The molecule has 4 rings (SSSR count). The maximum Gasteiger partial charge on any atom is 0.336 e. The number of nitrogens with zero attached hydrogens (tertiary/aromatic N) is 1. The number of hydrogen-bond acceptors (Lipinski definition) is 7. The second-order valence-electron chi connectivity index (χ2n) is 13.1. The number of amides is 1. The first-order chi connectivity index (χ1) is 25.2. The van der Waals surface area contributed by atoms with E-state index >= 15 is 0 Å². The molecule has 2 atom stereocenters. The molecule has 278 valence electrons. The molecule has 0 saturated carbocycles. The fourth-order valence-electron chi connectivity index (χ4n) is 5.98. The van der Waals surface area contributed by atoms with Crippen LogP contribution in [0.15, 0.2) is 91.0 Å². The van der Waals surface area contributed by atoms with Crippen molar-refractivity contribution in [2.45, 2.75) is 91.0 Å². The van der Waals surface area contributed by atoms with Crippen molar-refractivity contribution in [1.29, 1.82) is 0 Å². The molecule has 0 radical (unpaired) electrons. The summed E-state index contributed by atoms with van der Waals surface area (Å²) < 4.78 is 16.5. The van der Waals surface area contributed by atoms with Crippen molar-refractivity contribution in [3.8, 4) is 0 Å². The van der Waals surface area contributed by atoms with Crippen LogP contribution in [0.25, 0.3) is 10.8 Å². The number of carbonyl (C=O) groups excluding carboxylic acids is 2. The number of carboxylic acid groups (broad SMARTS) is 1. The normalized spacial score (nSPS) is 12.4. The van der Waals surface area contributed by atoms with E-state index in [1.807, 2.05) is 42.5 Å². The lowest BCUT2D eigenvalue weighted by Gasteiger charge is -2.29. The minimum atomic E-state index is -1.75. The van der Waals surface area contributed by atoms with Crippen LogP contribution >= 0.6 is 0 Å². The van der Waals surface area contributed by atoms with Crippen LogP contribution in [0.4, 0.5) is 0 Å². The van der Waals surface area contributed by atoms with E-state index in [0.717, 1.165) is 44.1 Å². The van der Waals surface area contributed by atoms with E-state index in [4.69, 9.17) is 19.0 Å². The Morgan fingerprint density at radius 2 is 1.35 bits per heavy atom. The Hall–Kier alpha value is -4.57. The van der Waals surface area contributed by atoms with Crippen molar-refractivity contribution in [2.24, 2.45) is 0 Å². The molecule has 0 aliphatic carbocycles. The molecule has 0 spiro atoms. The van der Waals surface area contributed by atoms with Crippen LogP contribution in [0.2, 0.25) is 0 Å². The summed E-state index contributed by atoms with van der Waals surface area (Å²) in [5.74, 6) is -2.82. The second-order valence-corrected chi connectivity index (χ2v) is 13.1. The molecule has 0 aliphatic heterocycles. The van der Waals surface area contributed by atoms with Crippen LogP contribution in [0.3, 0.4) is 0 Å². The number of fused-ring (bicyclic) bond motifs is 1. The van der Waals surface area contributed by atoms with Crippen LogP contribution in [0.5, 0.6) is 0 Å². The summed E-state index contributed by atoms with van der Waals surface area (Å²) in [5.41, 5.74) is 5.88. The fourth-order valence-corrected chi connectivity index (χ4v) is 5.98. The summed E-state index contributed by atoms with van der Waals surface area (Å²) in [6.45, 7) is 5.79. The molecule has 0 bridgehead atoms. The Kier molecular flexibility index (Phi) is 16.8. The van der Waals surface area contributed by atoms with Gasteiger partial charge in [-0.25, -0.2) is 14.7 Å². The topological polar surface area (TPSA) is 112 Å². The quantitative estimate of drug-likeness (QED) is 0.0469. The Labute approximate surface area is 307 Å². The van der Waals surface area contributed by atoms with E-state index in [9.17, 15) is 19.5 Å². The van der Waals surface area contributed by atoms with Crippen LogP contribution in [0.1, 0.15) is 73.3 Å². The summed E-state index contributed by atoms with van der Waals surface area (Å²) in [5, 5.41) is 13.8. The van der Waals surface area contributed by atoms with Gasteiger partial charge in [0.2, 0.25) is 0 Å². The van der Waals surface area contributed by atoms with E-state index in [-0.39, 0.29) is 26.4 Å². The highest BCUT2D eigenvalue weighted by Gasteiger charge is 2.39. The third-order valence-electron chi connectivity index (χ3n) is 9.04. The Morgan fingerprint density at radius 3 is 2.06 bits per heavy atom. The smallest absolute Gasteiger partial charge is 0.336 e. The highest BCUT2D eigenvalue weighted by molar-refractivity contribution is 5.88. The maximum absolute atomic E-state index is 14.2. The number of aryl methyl sites for hydroxylation is 4. The number of unbranched alkanes of at least 4 members (excludes halogenated alkanes) is 4. The average molecular weight is 712 g/mol. The number of hydrogen-bond donors (Lipinski definition) is 1. The van der Waals surface area contributed by atoms with Gasteiger partial charge in [-0.3, -0.25) is 9.63 Å². The van der Waals surface area contributed by atoms with Gasteiger partial charge in [-0.05, 0) is 97.9 Å². The van der Waals surface area contributed by atoms with Crippen molar-refractivity contribution in [1.82, 2.24) is 5.06 Å². The number of hydroxylamine groups is 2. The van der Waals surface area contributed by atoms with E-state index in [2.05, 4.69) is 62.4 Å². The van der Waals surface area contributed by atoms with Gasteiger partial charge in [0, 0.05) is 13.2 Å². The molecule has 0 fully saturated rings. The lowest BCUT2D eigenvalue weighted by molar-refractivity contribution is -0.212. The van der Waals surface area contributed by atoms with Crippen molar-refractivity contribution in [3.63, 3.8) is 0 Å². The minimum absolute atomic E-state index is 0.107. The van der Waals surface area contributed by atoms with Crippen molar-refractivity contribution in [2.75, 3.05) is 26.4 Å². The van der Waals surface area contributed by atoms with E-state index < -0.39 is 36.7 Å². The number of rotatable bonds is 23. The highest BCUT2D eigenvalue weighted by atomic mass is 16.7. The first-order valence-electron chi connectivity index (χ1n) is 18.4. The molecular weight excluding hydrogens is 658 g/mol. The Morgan fingerprint density at radius 1 is 0.673 bits per heavy atom. The molecule has 4 aromatic carbocycles. The summed E-state index contributed by atoms with van der Waals surface area (Å²) in [7, 11) is 0. The largest absolute Gasteiger partial charge is 0.479 e. The van der Waals surface area contributed by atoms with Gasteiger partial charge < -0.3 is 19.3 Å². The Balaban J connectivity index is 1.41. The number of ether oxygens (including phenoxy) is 3. The first kappa shape index (κ1) is 40.2. The summed E-state index contributed by atoms with van der Waals surface area (Å²) in [6.07, 6.45) is 3.20. The van der Waals surface area contributed by atoms with Crippen LogP contribution in [0, 0.1) is 13.8 Å². The van der Waals surface area contributed by atoms with Gasteiger partial charge in [-0.15, -0.1) is 0 Å². The molecule has 9 heteroatoms. The molecule has 0 aromatic heterocycles. The molecule has 0 heterocycles. The summed E-state index contributed by atoms with van der Waals surface area (Å²) in [6, 6.07) is 30.7. The molecular formula is C43H53NO8. The van der Waals surface area contributed by atoms with Crippen molar-refractivity contribution in [3.05, 3.63) is 119 Å². The predicted octanol–water partition coefficient (Wildman–Crippen LogP) is 7.96. The monoisotopic (exact) mass is 711 g/mol. The lowest BCUT2D eigenvalue weighted by atomic mass is 10.0. The molecule has 1 amide bonds. The fraction of sp³-hybridized carbons (Fsp3) is 0.419. The predicted molar refractivity (Wildman–Crippen MR) is 202 cm³/mol. The van der Waals surface area contributed by atoms with Crippen molar-refractivity contribution >= 4 is 28.6 Å². The number of carbonyl (C=O) groups is 3. The number of aliphatic carboxylic acids is 1. The molecule has 4 aromatic rings. The zero-order chi connectivity index (χ0) is 37.1. The molecule has 0 unspecified atom stereocenters. The second kappa shape index (κ2) is 21.7. The molecule has 52 heavy (non-hydrogen) atoms. The van der Waals surface area contributed by atoms with Gasteiger partial charge >= 0.3 is 11.9 Å². The average Bonchev–Trinajstić information content (AvgIpc) is 3.14. The molecule has 0 aliphatic rings. The zero-order valence-corrected chi connectivity index (χ0v) is 30.8. The van der Waals surface area contributed by atoms with Gasteiger partial charge in [-0.2, -0.15) is 0 Å². The maximum atomic E-state index is 14.2. The van der Waals surface area contributed by atoms with E-state index in [1.165, 1.54) is 38.1 Å². The van der Waals surface area contributed by atoms with E-state index in [0.29, 0.717) is 12.8 Å². The number of carboxylic acids is 1. The SMILES string of the molecule is CCOC(=O)CO[C@@H](C(=O)O)[C@@H](OCCCCCc1ccc(C)c(C)c1)C(=O)N(CCCCCc1ccc2ccccc2c1)OCc1ccccc1. The zero-order valence-electron chi connectivity index (χ0n) is 30.8. The number of benzene rings is 4. The van der Waals surface area contributed by atoms with Crippen LogP contribution in [-0.4, -0.2) is 66.6 Å². The standard InChI is InChI=1S/C43H53NO8/c1-4-49-39(45)31-51-41(43(47)48)40(50-27-15-7-11-16-34-23-22-32(2)33(3)28-34)42(46)44(52-30-36-18-8-5-9-19-36)26-14-6-10-17-35-24-25-37-20-12-13-21-38(37)29-35/h5,8-9,12-13,18-25,28-29,40-41H,4,6-7,10-11,14-17,26-27,30-31H2,1-3H3,(H,47,48)/t40-,41-/m1/s1.